The molecule has 6 rings (SSSR count). The summed E-state index contributed by atoms with van der Waals surface area (Å²) in [5.41, 5.74) is 6.78. The van der Waals surface area contributed by atoms with E-state index < -0.39 is 0 Å². The third-order valence-electron chi connectivity index (χ3n) is 6.75. The van der Waals surface area contributed by atoms with E-state index in [1.165, 1.54) is 22.9 Å². The van der Waals surface area contributed by atoms with Crippen molar-refractivity contribution in [3.63, 3.8) is 0 Å². The summed E-state index contributed by atoms with van der Waals surface area (Å²) in [5, 5.41) is 9.99. The van der Waals surface area contributed by atoms with Crippen LogP contribution in [-0.2, 0) is 12.8 Å². The number of carbonyl (C=O) groups excluding carboxylic acids is 1. The van der Waals surface area contributed by atoms with Gasteiger partial charge in [-0.15, -0.1) is 10.2 Å². The Bertz CT molecular complexity index is 1700. The van der Waals surface area contributed by atoms with Gasteiger partial charge >= 0.3 is 0 Å². The number of carbonyl (C=O) groups is 1. The van der Waals surface area contributed by atoms with Crippen molar-refractivity contribution < 1.29 is 4.79 Å². The lowest BCUT2D eigenvalue weighted by Gasteiger charge is -2.14. The van der Waals surface area contributed by atoms with Gasteiger partial charge in [-0.2, -0.15) is 0 Å². The van der Waals surface area contributed by atoms with Gasteiger partial charge in [-0.1, -0.05) is 48.2 Å². The number of para-hydroxylation sites is 1. The molecule has 35 heavy (non-hydrogen) atoms. The van der Waals surface area contributed by atoms with E-state index in [2.05, 4.69) is 16.3 Å². The molecule has 7 heteroatoms. The average Bonchev–Trinajstić information content (AvgIpc) is 3.51. The molecule has 2 heterocycles. The number of rotatable bonds is 5. The standard InChI is InChI=1S/C28H24N4O2S/c1-17-10-11-18(2)24(14-17)31-26(34)22-8-3-4-9-23(22)32-27(31)29-30-28(32)35-16-25(33)21-13-12-19-6-5-7-20(19)15-21/h3-4,8-15H,5-7,16H2,1-2H3. The molecule has 0 N–H and O–H groups in total. The summed E-state index contributed by atoms with van der Waals surface area (Å²) in [5.74, 6) is 0.750. The zero-order valence-electron chi connectivity index (χ0n) is 19.6. The van der Waals surface area contributed by atoms with Crippen LogP contribution in [0.15, 0.2) is 70.6 Å². The van der Waals surface area contributed by atoms with Gasteiger partial charge in [-0.05, 0) is 79.6 Å². The number of thioether (sulfide) groups is 1. The van der Waals surface area contributed by atoms with E-state index in [9.17, 15) is 9.59 Å². The highest BCUT2D eigenvalue weighted by atomic mass is 32.2. The van der Waals surface area contributed by atoms with Crippen LogP contribution in [0.2, 0.25) is 0 Å². The van der Waals surface area contributed by atoms with E-state index in [1.807, 2.05) is 72.8 Å². The second-order valence-electron chi connectivity index (χ2n) is 9.11. The van der Waals surface area contributed by atoms with Crippen molar-refractivity contribution in [3.05, 3.63) is 98.8 Å². The third kappa shape index (κ3) is 3.67. The molecule has 3 aromatic carbocycles. The van der Waals surface area contributed by atoms with Crippen LogP contribution in [0.3, 0.4) is 0 Å². The molecule has 0 amide bonds. The topological polar surface area (TPSA) is 69.3 Å². The minimum Gasteiger partial charge on any atom is -0.293 e. The smallest absolute Gasteiger partial charge is 0.267 e. The van der Waals surface area contributed by atoms with Crippen LogP contribution in [0.25, 0.3) is 22.4 Å². The first kappa shape index (κ1) is 21.8. The van der Waals surface area contributed by atoms with E-state index in [1.54, 1.807) is 4.57 Å². The van der Waals surface area contributed by atoms with Crippen LogP contribution in [0.1, 0.15) is 39.0 Å². The third-order valence-corrected chi connectivity index (χ3v) is 7.68. The molecule has 2 aromatic heterocycles. The maximum atomic E-state index is 13.6. The molecule has 174 valence electrons. The number of hydrogen-bond acceptors (Lipinski definition) is 5. The number of hydrogen-bond donors (Lipinski definition) is 0. The fourth-order valence-electron chi connectivity index (χ4n) is 4.91. The van der Waals surface area contributed by atoms with Gasteiger partial charge in [0.05, 0.1) is 22.3 Å². The summed E-state index contributed by atoms with van der Waals surface area (Å²) in [7, 11) is 0. The number of aromatic nitrogens is 4. The molecule has 0 bridgehead atoms. The van der Waals surface area contributed by atoms with Crippen LogP contribution in [-0.4, -0.2) is 30.7 Å². The number of nitrogens with zero attached hydrogens (tertiary/aromatic N) is 4. The SMILES string of the molecule is Cc1ccc(C)c(-n2c(=O)c3ccccc3n3c(SCC(=O)c4ccc5c(c4)CCC5)nnc23)c1. The van der Waals surface area contributed by atoms with Gasteiger partial charge in [0.15, 0.2) is 10.9 Å². The monoisotopic (exact) mass is 480 g/mol. The Morgan fingerprint density at radius 1 is 0.971 bits per heavy atom. The molecule has 0 radical (unpaired) electrons. The molecule has 0 aliphatic heterocycles. The molecule has 5 aromatic rings. The van der Waals surface area contributed by atoms with Crippen molar-refractivity contribution in [3.8, 4) is 5.69 Å². The van der Waals surface area contributed by atoms with Crippen molar-refractivity contribution in [1.29, 1.82) is 0 Å². The summed E-state index contributed by atoms with van der Waals surface area (Å²) >= 11 is 1.35. The maximum absolute atomic E-state index is 13.6. The van der Waals surface area contributed by atoms with Crippen molar-refractivity contribution in [2.24, 2.45) is 0 Å². The summed E-state index contributed by atoms with van der Waals surface area (Å²) < 4.78 is 3.52. The first-order chi connectivity index (χ1) is 17.0. The van der Waals surface area contributed by atoms with E-state index >= 15 is 0 Å². The van der Waals surface area contributed by atoms with E-state index in [0.717, 1.165) is 47.2 Å². The Hall–Kier alpha value is -3.71. The summed E-state index contributed by atoms with van der Waals surface area (Å²) in [6.07, 6.45) is 3.29. The van der Waals surface area contributed by atoms with Crippen molar-refractivity contribution in [1.82, 2.24) is 19.2 Å². The van der Waals surface area contributed by atoms with E-state index in [4.69, 9.17) is 0 Å². The molecule has 0 atom stereocenters. The number of benzene rings is 3. The second kappa shape index (κ2) is 8.50. The second-order valence-corrected chi connectivity index (χ2v) is 10.1. The van der Waals surface area contributed by atoms with Gasteiger partial charge in [-0.25, -0.2) is 4.57 Å². The summed E-state index contributed by atoms with van der Waals surface area (Å²) in [4.78, 5) is 26.6. The quantitative estimate of drug-likeness (QED) is 0.258. The minimum atomic E-state index is -0.139. The van der Waals surface area contributed by atoms with Crippen LogP contribution in [0.4, 0.5) is 0 Å². The lowest BCUT2D eigenvalue weighted by atomic mass is 10.0. The molecule has 1 aliphatic carbocycles. The van der Waals surface area contributed by atoms with Gasteiger partial charge in [0.2, 0.25) is 5.78 Å². The first-order valence-electron chi connectivity index (χ1n) is 11.8. The Kier molecular flexibility index (Phi) is 5.29. The Morgan fingerprint density at radius 2 is 1.80 bits per heavy atom. The molecule has 1 aliphatic rings. The van der Waals surface area contributed by atoms with Gasteiger partial charge < -0.3 is 0 Å². The van der Waals surface area contributed by atoms with Crippen molar-refractivity contribution in [2.75, 3.05) is 5.75 Å². The van der Waals surface area contributed by atoms with Gasteiger partial charge in [0.1, 0.15) is 0 Å². The lowest BCUT2D eigenvalue weighted by Crippen LogP contribution is -2.22. The molecular formula is C28H24N4O2S. The average molecular weight is 481 g/mol. The zero-order valence-corrected chi connectivity index (χ0v) is 20.4. The highest BCUT2D eigenvalue weighted by Crippen LogP contribution is 2.27. The maximum Gasteiger partial charge on any atom is 0.267 e. The largest absolute Gasteiger partial charge is 0.293 e. The van der Waals surface area contributed by atoms with Crippen molar-refractivity contribution >= 4 is 34.2 Å². The molecule has 6 nitrogen and oxygen atoms in total. The molecule has 0 saturated carbocycles. The highest BCUT2D eigenvalue weighted by Gasteiger charge is 2.20. The molecule has 0 fully saturated rings. The zero-order chi connectivity index (χ0) is 24.1. The Morgan fingerprint density at radius 3 is 2.69 bits per heavy atom. The normalized spacial score (nSPS) is 13.0. The molecule has 0 unspecified atom stereocenters. The van der Waals surface area contributed by atoms with Gasteiger partial charge in [-0.3, -0.25) is 14.0 Å². The number of fused-ring (bicyclic) bond motifs is 4. The molecule has 0 saturated heterocycles. The number of aryl methyl sites for hydroxylation is 4. The fourth-order valence-corrected chi connectivity index (χ4v) is 5.74. The Balaban J connectivity index is 1.45. The van der Waals surface area contributed by atoms with Crippen molar-refractivity contribution in [2.45, 2.75) is 38.3 Å². The molecule has 0 spiro atoms. The summed E-state index contributed by atoms with van der Waals surface area (Å²) in [6, 6.07) is 19.6. The van der Waals surface area contributed by atoms with Crippen LogP contribution in [0, 0.1) is 13.8 Å². The van der Waals surface area contributed by atoms with Crippen LogP contribution in [0.5, 0.6) is 0 Å². The molecular weight excluding hydrogens is 456 g/mol. The van der Waals surface area contributed by atoms with E-state index in [0.29, 0.717) is 16.3 Å². The Labute approximate surface area is 206 Å². The predicted octanol–water partition coefficient (Wildman–Crippen LogP) is 5.11. The minimum absolute atomic E-state index is 0.0635. The number of ketones is 1. The van der Waals surface area contributed by atoms with Gasteiger partial charge in [0, 0.05) is 5.56 Å². The van der Waals surface area contributed by atoms with E-state index in [-0.39, 0.29) is 17.1 Å². The predicted molar refractivity (Wildman–Crippen MR) is 139 cm³/mol. The highest BCUT2D eigenvalue weighted by molar-refractivity contribution is 7.99. The number of Topliss-reactive ketones (excluding diaryl/α,β-unsaturated/α-hetero) is 1. The van der Waals surface area contributed by atoms with Gasteiger partial charge in [0.25, 0.3) is 5.56 Å². The van der Waals surface area contributed by atoms with Crippen LogP contribution >= 0.6 is 11.8 Å². The lowest BCUT2D eigenvalue weighted by molar-refractivity contribution is 0.102. The summed E-state index contributed by atoms with van der Waals surface area (Å²) in [6.45, 7) is 3.98. The fraction of sp³-hybridized carbons (Fsp3) is 0.214. The first-order valence-corrected chi connectivity index (χ1v) is 12.7. The van der Waals surface area contributed by atoms with Crippen LogP contribution < -0.4 is 5.56 Å².